The van der Waals surface area contributed by atoms with E-state index in [0.29, 0.717) is 10.9 Å². The maximum Gasteiger partial charge on any atom is 0.269 e. The van der Waals surface area contributed by atoms with Gasteiger partial charge < -0.3 is 5.11 Å². The average molecular weight is 196 g/mol. The molecular formula is C9H6ClNO2. The fourth-order valence-corrected chi connectivity index (χ4v) is 1.43. The van der Waals surface area contributed by atoms with Gasteiger partial charge in [-0.05, 0) is 12.1 Å². The molecule has 0 saturated heterocycles. The molecule has 2 rings (SSSR count). The summed E-state index contributed by atoms with van der Waals surface area (Å²) in [5.74, 6) is -0.0440. The third-order valence-electron chi connectivity index (χ3n) is 1.85. The van der Waals surface area contributed by atoms with E-state index in [2.05, 4.69) is 0 Å². The van der Waals surface area contributed by atoms with Crippen molar-refractivity contribution in [1.82, 2.24) is 4.09 Å². The van der Waals surface area contributed by atoms with Gasteiger partial charge in [-0.2, -0.15) is 0 Å². The number of benzene rings is 1. The van der Waals surface area contributed by atoms with E-state index in [-0.39, 0.29) is 5.75 Å². The molecule has 0 amide bonds. The predicted octanol–water partition coefficient (Wildman–Crippen LogP) is 1.71. The van der Waals surface area contributed by atoms with Crippen molar-refractivity contribution >= 4 is 22.7 Å². The molecular weight excluding hydrogens is 190 g/mol. The van der Waals surface area contributed by atoms with Gasteiger partial charge in [0.05, 0.1) is 5.52 Å². The Hall–Kier alpha value is -1.48. The predicted molar refractivity (Wildman–Crippen MR) is 51.1 cm³/mol. The van der Waals surface area contributed by atoms with Crippen molar-refractivity contribution in [3.8, 4) is 5.75 Å². The summed E-state index contributed by atoms with van der Waals surface area (Å²) in [6, 6.07) is 7.98. The molecule has 0 saturated carbocycles. The topological polar surface area (TPSA) is 42.2 Å². The van der Waals surface area contributed by atoms with Gasteiger partial charge in [0.1, 0.15) is 5.75 Å². The van der Waals surface area contributed by atoms with Crippen molar-refractivity contribution in [2.75, 3.05) is 0 Å². The van der Waals surface area contributed by atoms with Gasteiger partial charge in [-0.25, -0.2) is 4.09 Å². The number of aromatic hydroxyl groups is 1. The lowest BCUT2D eigenvalue weighted by Crippen LogP contribution is -2.10. The van der Waals surface area contributed by atoms with Gasteiger partial charge in [-0.15, -0.1) is 0 Å². The summed E-state index contributed by atoms with van der Waals surface area (Å²) >= 11 is 5.69. The Morgan fingerprint density at radius 2 is 2.00 bits per heavy atom. The average Bonchev–Trinajstić information content (AvgIpc) is 2.15. The van der Waals surface area contributed by atoms with E-state index in [4.69, 9.17) is 11.8 Å². The lowest BCUT2D eigenvalue weighted by atomic mass is 10.2. The minimum absolute atomic E-state index is 0.0440. The van der Waals surface area contributed by atoms with Gasteiger partial charge in [0.25, 0.3) is 5.56 Å². The van der Waals surface area contributed by atoms with Crippen LogP contribution in [0.25, 0.3) is 10.9 Å². The molecule has 0 atom stereocenters. The number of nitrogens with zero attached hydrogens (tertiary/aromatic N) is 1. The molecule has 66 valence electrons. The summed E-state index contributed by atoms with van der Waals surface area (Å²) in [5, 5.41) is 9.97. The number of para-hydroxylation sites is 1. The van der Waals surface area contributed by atoms with Crippen LogP contribution in [-0.2, 0) is 0 Å². The first-order valence-corrected chi connectivity index (χ1v) is 4.04. The summed E-state index contributed by atoms with van der Waals surface area (Å²) in [6.07, 6.45) is 0. The number of rotatable bonds is 0. The second-order valence-electron chi connectivity index (χ2n) is 2.67. The van der Waals surface area contributed by atoms with E-state index >= 15 is 0 Å². The number of hydrogen-bond donors (Lipinski definition) is 1. The van der Waals surface area contributed by atoms with Crippen LogP contribution in [0.2, 0.25) is 0 Å². The monoisotopic (exact) mass is 195 g/mol. The summed E-state index contributed by atoms with van der Waals surface area (Å²) < 4.78 is 0.981. The number of halogens is 1. The summed E-state index contributed by atoms with van der Waals surface area (Å²) in [7, 11) is 0. The van der Waals surface area contributed by atoms with Gasteiger partial charge in [0.2, 0.25) is 0 Å². The minimum Gasteiger partial charge on any atom is -0.507 e. The molecule has 1 aromatic carbocycles. The number of aromatic nitrogens is 1. The van der Waals surface area contributed by atoms with Crippen molar-refractivity contribution in [1.29, 1.82) is 0 Å². The van der Waals surface area contributed by atoms with E-state index in [1.807, 2.05) is 0 Å². The molecule has 1 heterocycles. The molecule has 0 aliphatic carbocycles. The van der Waals surface area contributed by atoms with Gasteiger partial charge in [0, 0.05) is 23.2 Å². The van der Waals surface area contributed by atoms with E-state index in [9.17, 15) is 9.90 Å². The Morgan fingerprint density at radius 3 is 2.77 bits per heavy atom. The van der Waals surface area contributed by atoms with Crippen molar-refractivity contribution in [2.45, 2.75) is 0 Å². The lowest BCUT2D eigenvalue weighted by molar-refractivity contribution is 0.480. The van der Waals surface area contributed by atoms with Crippen LogP contribution in [0, 0.1) is 0 Å². The number of hydrogen-bond acceptors (Lipinski definition) is 2. The van der Waals surface area contributed by atoms with E-state index in [1.54, 1.807) is 24.3 Å². The first kappa shape index (κ1) is 8.13. The maximum absolute atomic E-state index is 11.1. The summed E-state index contributed by atoms with van der Waals surface area (Å²) in [6.45, 7) is 0. The van der Waals surface area contributed by atoms with Gasteiger partial charge in [-0.1, -0.05) is 12.1 Å². The van der Waals surface area contributed by atoms with Crippen LogP contribution in [0.3, 0.4) is 0 Å². The normalized spacial score (nSPS) is 10.5. The highest BCUT2D eigenvalue weighted by molar-refractivity contribution is 6.18. The smallest absolute Gasteiger partial charge is 0.269 e. The fraction of sp³-hybridized carbons (Fsp3) is 0. The van der Waals surface area contributed by atoms with E-state index in [1.165, 1.54) is 0 Å². The van der Waals surface area contributed by atoms with Crippen LogP contribution >= 0.6 is 11.8 Å². The highest BCUT2D eigenvalue weighted by Crippen LogP contribution is 2.21. The molecule has 4 heteroatoms. The van der Waals surface area contributed by atoms with Crippen LogP contribution in [0.4, 0.5) is 0 Å². The van der Waals surface area contributed by atoms with Crippen molar-refractivity contribution < 1.29 is 5.11 Å². The van der Waals surface area contributed by atoms with E-state index in [0.717, 1.165) is 10.2 Å². The van der Waals surface area contributed by atoms with E-state index < -0.39 is 5.56 Å². The first-order chi connectivity index (χ1) is 6.20. The first-order valence-electron chi connectivity index (χ1n) is 3.70. The van der Waals surface area contributed by atoms with Gasteiger partial charge in [-0.3, -0.25) is 4.79 Å². The lowest BCUT2D eigenvalue weighted by Gasteiger charge is -2.02. The standard InChI is InChI=1S/C9H6ClNO2/c10-11-7-4-2-1-3-6(7)8(12)5-9(11)13/h1-5,12H. The zero-order valence-electron chi connectivity index (χ0n) is 6.57. The quantitative estimate of drug-likeness (QED) is 0.696. The van der Waals surface area contributed by atoms with Crippen LogP contribution in [0.5, 0.6) is 5.75 Å². The Bertz CT molecular complexity index is 518. The Morgan fingerprint density at radius 1 is 1.31 bits per heavy atom. The second kappa shape index (κ2) is 2.78. The van der Waals surface area contributed by atoms with Crippen LogP contribution in [0.15, 0.2) is 35.1 Å². The third kappa shape index (κ3) is 1.17. The van der Waals surface area contributed by atoms with Gasteiger partial charge >= 0.3 is 0 Å². The molecule has 1 aromatic heterocycles. The van der Waals surface area contributed by atoms with Crippen LogP contribution in [0.1, 0.15) is 0 Å². The van der Waals surface area contributed by atoms with Crippen molar-refractivity contribution in [2.24, 2.45) is 0 Å². The maximum atomic E-state index is 11.1. The molecule has 0 aliphatic rings. The largest absolute Gasteiger partial charge is 0.507 e. The second-order valence-corrected chi connectivity index (χ2v) is 3.00. The molecule has 2 aromatic rings. The Kier molecular flexibility index (Phi) is 1.74. The van der Waals surface area contributed by atoms with Gasteiger partial charge in [0.15, 0.2) is 0 Å². The molecule has 13 heavy (non-hydrogen) atoms. The zero-order chi connectivity index (χ0) is 9.42. The molecule has 1 N–H and O–H groups in total. The third-order valence-corrected chi connectivity index (χ3v) is 2.19. The Balaban J connectivity index is 3.06. The fourth-order valence-electron chi connectivity index (χ4n) is 1.23. The molecule has 0 bridgehead atoms. The molecule has 0 unspecified atom stereocenters. The molecule has 0 fully saturated rings. The van der Waals surface area contributed by atoms with Crippen molar-refractivity contribution in [3.05, 3.63) is 40.7 Å². The molecule has 0 aliphatic heterocycles. The number of fused-ring (bicyclic) bond motifs is 1. The van der Waals surface area contributed by atoms with Crippen molar-refractivity contribution in [3.63, 3.8) is 0 Å². The summed E-state index contributed by atoms with van der Waals surface area (Å²) in [5.41, 5.74) is 0.0760. The molecule has 0 radical (unpaired) electrons. The SMILES string of the molecule is O=c1cc(O)c2ccccc2n1Cl. The highest BCUT2D eigenvalue weighted by Gasteiger charge is 2.04. The Labute approximate surface area is 78.9 Å². The molecule has 3 nitrogen and oxygen atoms in total. The zero-order valence-corrected chi connectivity index (χ0v) is 7.32. The van der Waals surface area contributed by atoms with Crippen LogP contribution in [-0.4, -0.2) is 9.19 Å². The van der Waals surface area contributed by atoms with Crippen LogP contribution < -0.4 is 5.56 Å². The highest BCUT2D eigenvalue weighted by atomic mass is 35.5. The number of pyridine rings is 1. The summed E-state index contributed by atoms with van der Waals surface area (Å²) in [4.78, 5) is 11.1. The minimum atomic E-state index is -0.433. The molecule has 0 spiro atoms.